The van der Waals surface area contributed by atoms with Gasteiger partial charge in [0.05, 0.1) is 7.11 Å². The van der Waals surface area contributed by atoms with E-state index in [1.807, 2.05) is 36.5 Å². The number of ether oxygens (including phenoxy) is 1. The van der Waals surface area contributed by atoms with Crippen molar-refractivity contribution in [3.63, 3.8) is 0 Å². The highest BCUT2D eigenvalue weighted by molar-refractivity contribution is 7.98. The van der Waals surface area contributed by atoms with Crippen molar-refractivity contribution in [2.75, 3.05) is 7.11 Å². The van der Waals surface area contributed by atoms with Crippen molar-refractivity contribution < 1.29 is 4.74 Å². The van der Waals surface area contributed by atoms with E-state index in [1.165, 1.54) is 5.56 Å². The Morgan fingerprint density at radius 1 is 1.17 bits per heavy atom. The standard InChI is InChI=1S/C17H18N4OS/c1-3-21-16(14-7-5-9-18-11-14)19-20-17(21)23-12-13-6-4-8-15(10-13)22-2/h4-11H,3,12H2,1-2H3. The summed E-state index contributed by atoms with van der Waals surface area (Å²) in [6.07, 6.45) is 3.57. The second kappa shape index (κ2) is 7.28. The fourth-order valence-corrected chi connectivity index (χ4v) is 3.24. The molecule has 0 unspecified atom stereocenters. The van der Waals surface area contributed by atoms with E-state index in [-0.39, 0.29) is 0 Å². The molecule has 118 valence electrons. The highest BCUT2D eigenvalue weighted by Gasteiger charge is 2.13. The highest BCUT2D eigenvalue weighted by Crippen LogP contribution is 2.26. The summed E-state index contributed by atoms with van der Waals surface area (Å²) in [6.45, 7) is 2.91. The van der Waals surface area contributed by atoms with E-state index in [1.54, 1.807) is 25.1 Å². The SMILES string of the molecule is CCn1c(SCc2cccc(OC)c2)nnc1-c1cccnc1. The summed E-state index contributed by atoms with van der Waals surface area (Å²) in [5.74, 6) is 2.55. The molecule has 0 fully saturated rings. The maximum absolute atomic E-state index is 5.26. The van der Waals surface area contributed by atoms with Crippen LogP contribution in [0.25, 0.3) is 11.4 Å². The molecule has 0 amide bonds. The molecule has 6 heteroatoms. The van der Waals surface area contributed by atoms with Gasteiger partial charge in [-0.2, -0.15) is 0 Å². The van der Waals surface area contributed by atoms with Crippen molar-refractivity contribution in [1.29, 1.82) is 0 Å². The van der Waals surface area contributed by atoms with Gasteiger partial charge in [0.15, 0.2) is 11.0 Å². The molecule has 0 aliphatic heterocycles. The van der Waals surface area contributed by atoms with Crippen molar-refractivity contribution in [1.82, 2.24) is 19.7 Å². The summed E-state index contributed by atoms with van der Waals surface area (Å²) >= 11 is 1.67. The molecule has 0 bridgehead atoms. The minimum Gasteiger partial charge on any atom is -0.497 e. The number of aromatic nitrogens is 4. The van der Waals surface area contributed by atoms with Gasteiger partial charge in [0.25, 0.3) is 0 Å². The Kier molecular flexibility index (Phi) is 4.92. The average molecular weight is 326 g/mol. The lowest BCUT2D eigenvalue weighted by Gasteiger charge is -2.07. The van der Waals surface area contributed by atoms with Crippen LogP contribution in [0.15, 0.2) is 53.9 Å². The molecule has 0 saturated carbocycles. The predicted molar refractivity (Wildman–Crippen MR) is 91.5 cm³/mol. The molecule has 0 aliphatic rings. The van der Waals surface area contributed by atoms with E-state index in [4.69, 9.17) is 4.74 Å². The number of hydrogen-bond acceptors (Lipinski definition) is 5. The molecular formula is C17H18N4OS. The van der Waals surface area contributed by atoms with Gasteiger partial charge in [-0.25, -0.2) is 0 Å². The number of pyridine rings is 1. The second-order valence-corrected chi connectivity index (χ2v) is 5.87. The summed E-state index contributed by atoms with van der Waals surface area (Å²) in [7, 11) is 1.68. The van der Waals surface area contributed by atoms with E-state index < -0.39 is 0 Å². The third-order valence-corrected chi connectivity index (χ3v) is 4.49. The van der Waals surface area contributed by atoms with Crippen molar-refractivity contribution in [2.24, 2.45) is 0 Å². The summed E-state index contributed by atoms with van der Waals surface area (Å²) in [5, 5.41) is 9.58. The van der Waals surface area contributed by atoms with Crippen LogP contribution in [0.1, 0.15) is 12.5 Å². The number of benzene rings is 1. The van der Waals surface area contributed by atoms with E-state index in [2.05, 4.69) is 32.7 Å². The van der Waals surface area contributed by atoms with E-state index in [9.17, 15) is 0 Å². The zero-order valence-corrected chi connectivity index (χ0v) is 14.0. The molecule has 3 rings (SSSR count). The van der Waals surface area contributed by atoms with Crippen LogP contribution < -0.4 is 4.74 Å². The van der Waals surface area contributed by atoms with Gasteiger partial charge in [0, 0.05) is 30.3 Å². The van der Waals surface area contributed by atoms with Crippen LogP contribution in [0.2, 0.25) is 0 Å². The highest BCUT2D eigenvalue weighted by atomic mass is 32.2. The zero-order valence-electron chi connectivity index (χ0n) is 13.1. The van der Waals surface area contributed by atoms with Crippen molar-refractivity contribution in [3.8, 4) is 17.1 Å². The summed E-state index contributed by atoms with van der Waals surface area (Å²) in [6, 6.07) is 12.0. The molecule has 0 radical (unpaired) electrons. The molecular weight excluding hydrogens is 308 g/mol. The maximum Gasteiger partial charge on any atom is 0.191 e. The number of hydrogen-bond donors (Lipinski definition) is 0. The van der Waals surface area contributed by atoms with Crippen LogP contribution >= 0.6 is 11.8 Å². The fraction of sp³-hybridized carbons (Fsp3) is 0.235. The molecule has 3 aromatic rings. The van der Waals surface area contributed by atoms with E-state index >= 15 is 0 Å². The van der Waals surface area contributed by atoms with Crippen LogP contribution in [0.5, 0.6) is 5.75 Å². The quantitative estimate of drug-likeness (QED) is 0.647. The van der Waals surface area contributed by atoms with Gasteiger partial charge in [0.2, 0.25) is 0 Å². The maximum atomic E-state index is 5.26. The van der Waals surface area contributed by atoms with Gasteiger partial charge in [-0.15, -0.1) is 10.2 Å². The van der Waals surface area contributed by atoms with Crippen LogP contribution in [-0.4, -0.2) is 26.9 Å². The van der Waals surface area contributed by atoms with Gasteiger partial charge in [-0.1, -0.05) is 23.9 Å². The zero-order chi connectivity index (χ0) is 16.1. The third kappa shape index (κ3) is 3.53. The number of nitrogens with zero attached hydrogens (tertiary/aromatic N) is 4. The van der Waals surface area contributed by atoms with Gasteiger partial charge in [-0.05, 0) is 36.8 Å². The minimum atomic E-state index is 0.817. The van der Waals surface area contributed by atoms with Crippen molar-refractivity contribution in [2.45, 2.75) is 24.4 Å². The lowest BCUT2D eigenvalue weighted by atomic mass is 10.2. The van der Waals surface area contributed by atoms with Crippen LogP contribution in [0, 0.1) is 0 Å². The number of methoxy groups -OCH3 is 1. The molecule has 0 atom stereocenters. The van der Waals surface area contributed by atoms with E-state index in [0.717, 1.165) is 34.6 Å². The van der Waals surface area contributed by atoms with Gasteiger partial charge >= 0.3 is 0 Å². The van der Waals surface area contributed by atoms with Crippen LogP contribution in [0.3, 0.4) is 0 Å². The minimum absolute atomic E-state index is 0.817. The van der Waals surface area contributed by atoms with Crippen LogP contribution in [0.4, 0.5) is 0 Å². The molecule has 0 aliphatic carbocycles. The second-order valence-electron chi connectivity index (χ2n) is 4.93. The lowest BCUT2D eigenvalue weighted by Crippen LogP contribution is -2.00. The van der Waals surface area contributed by atoms with Gasteiger partial charge in [0.1, 0.15) is 5.75 Å². The Morgan fingerprint density at radius 2 is 2.09 bits per heavy atom. The molecule has 0 spiro atoms. The Bertz CT molecular complexity index is 773. The molecule has 0 N–H and O–H groups in total. The normalized spacial score (nSPS) is 10.7. The first kappa shape index (κ1) is 15.6. The van der Waals surface area contributed by atoms with E-state index in [0.29, 0.717) is 0 Å². The molecule has 1 aromatic carbocycles. The summed E-state index contributed by atoms with van der Waals surface area (Å²) in [4.78, 5) is 4.16. The van der Waals surface area contributed by atoms with Gasteiger partial charge in [-0.3, -0.25) is 4.98 Å². The average Bonchev–Trinajstić information content (AvgIpc) is 3.04. The van der Waals surface area contributed by atoms with Gasteiger partial charge < -0.3 is 9.30 Å². The predicted octanol–water partition coefficient (Wildman–Crippen LogP) is 3.66. The van der Waals surface area contributed by atoms with Crippen molar-refractivity contribution in [3.05, 3.63) is 54.4 Å². The molecule has 23 heavy (non-hydrogen) atoms. The summed E-state index contributed by atoms with van der Waals surface area (Å²) < 4.78 is 7.38. The molecule has 2 aromatic heterocycles. The Morgan fingerprint density at radius 3 is 2.83 bits per heavy atom. The van der Waals surface area contributed by atoms with Crippen molar-refractivity contribution >= 4 is 11.8 Å². The Balaban J connectivity index is 1.79. The first-order valence-electron chi connectivity index (χ1n) is 7.41. The first-order valence-corrected chi connectivity index (χ1v) is 8.39. The summed E-state index contributed by atoms with van der Waals surface area (Å²) in [5.41, 5.74) is 2.18. The third-order valence-electron chi connectivity index (χ3n) is 3.45. The topological polar surface area (TPSA) is 52.8 Å². The largest absolute Gasteiger partial charge is 0.497 e. The Labute approximate surface area is 139 Å². The van der Waals surface area contributed by atoms with Crippen LogP contribution in [-0.2, 0) is 12.3 Å². The number of rotatable bonds is 6. The monoisotopic (exact) mass is 326 g/mol. The first-order chi connectivity index (χ1) is 11.3. The lowest BCUT2D eigenvalue weighted by molar-refractivity contribution is 0.414. The number of thioether (sulfide) groups is 1. The fourth-order valence-electron chi connectivity index (χ4n) is 2.30. The Hall–Kier alpha value is -2.34. The molecule has 5 nitrogen and oxygen atoms in total. The molecule has 2 heterocycles. The molecule has 0 saturated heterocycles. The smallest absolute Gasteiger partial charge is 0.191 e.